The van der Waals surface area contributed by atoms with E-state index in [-0.39, 0.29) is 24.0 Å². The Bertz CT molecular complexity index is 662. The number of cyclic esters (lactones) is 1. The topological polar surface area (TPSA) is 64.6 Å². The number of esters is 1. The lowest BCUT2D eigenvalue weighted by molar-refractivity contribution is -0.144. The van der Waals surface area contributed by atoms with Gasteiger partial charge in [-0.15, -0.1) is 6.58 Å². The largest absolute Gasteiger partial charge is 0.460 e. The van der Waals surface area contributed by atoms with Gasteiger partial charge in [-0.25, -0.2) is 4.79 Å². The SMILES string of the molecule is C=CCc1cccc(CC(NC(=O)OC(C)(C)C)C2CC(C)C(=O)O2)c1. The number of ether oxygens (including phenoxy) is 2. The van der Waals surface area contributed by atoms with Crippen molar-refractivity contribution in [3.63, 3.8) is 0 Å². The molecule has 0 radical (unpaired) electrons. The standard InChI is InChI=1S/C21H29NO4/c1-6-8-15-9-7-10-16(12-15)13-17(18-11-14(2)19(23)25-18)22-20(24)26-21(3,4)5/h6-7,9-10,12,14,17-18H,1,8,11,13H2,2-5H3,(H,22,24). The number of nitrogens with one attached hydrogen (secondary N) is 1. The minimum absolute atomic E-state index is 0.157. The fraction of sp³-hybridized carbons (Fsp3) is 0.524. The average molecular weight is 359 g/mol. The molecule has 3 atom stereocenters. The maximum Gasteiger partial charge on any atom is 0.408 e. The molecule has 1 N–H and O–H groups in total. The molecule has 0 aliphatic carbocycles. The van der Waals surface area contributed by atoms with E-state index in [0.717, 1.165) is 17.5 Å². The summed E-state index contributed by atoms with van der Waals surface area (Å²) < 4.78 is 10.9. The second-order valence-corrected chi connectivity index (χ2v) is 7.88. The average Bonchev–Trinajstić information content (AvgIpc) is 2.85. The third-order valence-electron chi connectivity index (χ3n) is 4.23. The van der Waals surface area contributed by atoms with Gasteiger partial charge in [0, 0.05) is 0 Å². The van der Waals surface area contributed by atoms with Gasteiger partial charge in [0.25, 0.3) is 0 Å². The van der Waals surface area contributed by atoms with Crippen molar-refractivity contribution in [2.75, 3.05) is 0 Å². The Balaban J connectivity index is 2.15. The molecule has 1 amide bonds. The lowest BCUT2D eigenvalue weighted by Gasteiger charge is -2.26. The zero-order chi connectivity index (χ0) is 19.3. The lowest BCUT2D eigenvalue weighted by Crippen LogP contribution is -2.46. The van der Waals surface area contributed by atoms with Crippen LogP contribution in [-0.2, 0) is 27.1 Å². The van der Waals surface area contributed by atoms with Crippen LogP contribution in [0.1, 0.15) is 45.2 Å². The number of rotatable bonds is 6. The van der Waals surface area contributed by atoms with E-state index in [1.807, 2.05) is 52.0 Å². The lowest BCUT2D eigenvalue weighted by atomic mass is 9.95. The molecule has 3 unspecified atom stereocenters. The summed E-state index contributed by atoms with van der Waals surface area (Å²) in [5, 5.41) is 2.90. The second-order valence-electron chi connectivity index (χ2n) is 7.88. The van der Waals surface area contributed by atoms with Gasteiger partial charge in [-0.3, -0.25) is 4.79 Å². The van der Waals surface area contributed by atoms with Crippen LogP contribution < -0.4 is 5.32 Å². The number of carbonyl (C=O) groups is 2. The van der Waals surface area contributed by atoms with E-state index < -0.39 is 11.7 Å². The molecule has 0 bridgehead atoms. The molecule has 1 saturated heterocycles. The molecule has 1 fully saturated rings. The highest BCUT2D eigenvalue weighted by Crippen LogP contribution is 2.25. The van der Waals surface area contributed by atoms with Gasteiger partial charge in [0.1, 0.15) is 11.7 Å². The third-order valence-corrected chi connectivity index (χ3v) is 4.23. The maximum absolute atomic E-state index is 12.3. The molecule has 5 heteroatoms. The normalized spacial score (nSPS) is 21.0. The summed E-state index contributed by atoms with van der Waals surface area (Å²) in [6, 6.07) is 7.79. The van der Waals surface area contributed by atoms with Crippen molar-refractivity contribution < 1.29 is 19.1 Å². The van der Waals surface area contributed by atoms with E-state index in [1.165, 1.54) is 0 Å². The van der Waals surface area contributed by atoms with E-state index >= 15 is 0 Å². The van der Waals surface area contributed by atoms with Crippen LogP contribution in [-0.4, -0.2) is 29.8 Å². The van der Waals surface area contributed by atoms with Gasteiger partial charge in [0.15, 0.2) is 0 Å². The van der Waals surface area contributed by atoms with E-state index in [0.29, 0.717) is 12.8 Å². The van der Waals surface area contributed by atoms with Crippen LogP contribution in [0.15, 0.2) is 36.9 Å². The van der Waals surface area contributed by atoms with Crippen molar-refractivity contribution in [2.24, 2.45) is 5.92 Å². The number of hydrogen-bond donors (Lipinski definition) is 1. The monoisotopic (exact) mass is 359 g/mol. The fourth-order valence-electron chi connectivity index (χ4n) is 3.04. The molecule has 1 aromatic carbocycles. The van der Waals surface area contributed by atoms with Gasteiger partial charge >= 0.3 is 12.1 Å². The van der Waals surface area contributed by atoms with Crippen LogP contribution in [0.2, 0.25) is 0 Å². The van der Waals surface area contributed by atoms with Crippen molar-refractivity contribution in [2.45, 2.75) is 64.7 Å². The van der Waals surface area contributed by atoms with Gasteiger partial charge in [-0.1, -0.05) is 37.3 Å². The molecule has 1 aliphatic rings. The quantitative estimate of drug-likeness (QED) is 0.620. The van der Waals surface area contributed by atoms with Crippen molar-refractivity contribution in [1.82, 2.24) is 5.32 Å². The predicted molar refractivity (Wildman–Crippen MR) is 101 cm³/mol. The van der Waals surface area contributed by atoms with Crippen molar-refractivity contribution in [3.8, 4) is 0 Å². The Morgan fingerprint density at radius 2 is 2.12 bits per heavy atom. The van der Waals surface area contributed by atoms with Gasteiger partial charge < -0.3 is 14.8 Å². The van der Waals surface area contributed by atoms with E-state index in [4.69, 9.17) is 9.47 Å². The summed E-state index contributed by atoms with van der Waals surface area (Å²) in [6.45, 7) is 11.1. The molecule has 1 heterocycles. The van der Waals surface area contributed by atoms with Crippen LogP contribution in [0.3, 0.4) is 0 Å². The van der Waals surface area contributed by atoms with Crippen molar-refractivity contribution >= 4 is 12.1 Å². The minimum Gasteiger partial charge on any atom is -0.460 e. The fourth-order valence-corrected chi connectivity index (χ4v) is 3.04. The van der Waals surface area contributed by atoms with Gasteiger partial charge in [-0.2, -0.15) is 0 Å². The highest BCUT2D eigenvalue weighted by Gasteiger charge is 2.37. The molecule has 2 rings (SSSR count). The molecule has 142 valence electrons. The highest BCUT2D eigenvalue weighted by molar-refractivity contribution is 5.74. The smallest absolute Gasteiger partial charge is 0.408 e. The van der Waals surface area contributed by atoms with Crippen LogP contribution in [0.4, 0.5) is 4.79 Å². The van der Waals surface area contributed by atoms with E-state index in [1.54, 1.807) is 0 Å². The molecular weight excluding hydrogens is 330 g/mol. The summed E-state index contributed by atoms with van der Waals surface area (Å²) in [4.78, 5) is 24.1. The minimum atomic E-state index is -0.585. The zero-order valence-corrected chi connectivity index (χ0v) is 16.1. The van der Waals surface area contributed by atoms with Crippen LogP contribution in [0.25, 0.3) is 0 Å². The third kappa shape index (κ3) is 5.90. The number of carbonyl (C=O) groups excluding carboxylic acids is 2. The first kappa shape index (κ1) is 20.0. The highest BCUT2D eigenvalue weighted by atomic mass is 16.6. The second kappa shape index (κ2) is 8.39. The molecule has 0 saturated carbocycles. The molecule has 0 aromatic heterocycles. The van der Waals surface area contributed by atoms with Gasteiger partial charge in [-0.05, 0) is 51.2 Å². The summed E-state index contributed by atoms with van der Waals surface area (Å²) in [6.07, 6.45) is 2.94. The first-order chi connectivity index (χ1) is 12.2. The number of alkyl carbamates (subject to hydrolysis) is 1. The Labute approximate surface area is 155 Å². The number of benzene rings is 1. The number of allylic oxidation sites excluding steroid dienone is 1. The van der Waals surface area contributed by atoms with Crippen molar-refractivity contribution in [1.29, 1.82) is 0 Å². The summed E-state index contributed by atoms with van der Waals surface area (Å²) in [7, 11) is 0. The van der Waals surface area contributed by atoms with E-state index in [9.17, 15) is 9.59 Å². The number of hydrogen-bond acceptors (Lipinski definition) is 4. The maximum atomic E-state index is 12.3. The molecule has 26 heavy (non-hydrogen) atoms. The zero-order valence-electron chi connectivity index (χ0n) is 16.1. The predicted octanol–water partition coefficient (Wildman–Crippen LogP) is 3.80. The summed E-state index contributed by atoms with van der Waals surface area (Å²) >= 11 is 0. The molecule has 1 aromatic rings. The van der Waals surface area contributed by atoms with Gasteiger partial charge in [0.2, 0.25) is 0 Å². The molecule has 1 aliphatic heterocycles. The van der Waals surface area contributed by atoms with Gasteiger partial charge in [0.05, 0.1) is 12.0 Å². The van der Waals surface area contributed by atoms with E-state index in [2.05, 4.69) is 18.0 Å². The van der Waals surface area contributed by atoms with Crippen molar-refractivity contribution in [3.05, 3.63) is 48.0 Å². The Hall–Kier alpha value is -2.30. The first-order valence-corrected chi connectivity index (χ1v) is 9.06. The summed E-state index contributed by atoms with van der Waals surface area (Å²) in [5.41, 5.74) is 1.64. The Morgan fingerprint density at radius 3 is 2.69 bits per heavy atom. The molecule has 5 nitrogen and oxygen atoms in total. The first-order valence-electron chi connectivity index (χ1n) is 9.06. The molecular formula is C21H29NO4. The molecule has 0 spiro atoms. The van der Waals surface area contributed by atoms with Crippen LogP contribution in [0, 0.1) is 5.92 Å². The van der Waals surface area contributed by atoms with Crippen LogP contribution in [0.5, 0.6) is 0 Å². The Kier molecular flexibility index (Phi) is 6.46. The summed E-state index contributed by atoms with van der Waals surface area (Å²) in [5.74, 6) is -0.374. The van der Waals surface area contributed by atoms with Crippen LogP contribution >= 0.6 is 0 Å². The number of amides is 1. The Morgan fingerprint density at radius 1 is 1.42 bits per heavy atom.